The standard InChI is InChI=1S/C12H25N3O/c1-4-12(13,5-2)11(16)14-8-10-6-7-15(3)9-10/h10H,4-9,13H2,1-3H3,(H,14,16). The highest BCUT2D eigenvalue weighted by Gasteiger charge is 2.30. The van der Waals surface area contributed by atoms with Gasteiger partial charge in [0, 0.05) is 13.1 Å². The van der Waals surface area contributed by atoms with Gasteiger partial charge in [-0.25, -0.2) is 0 Å². The van der Waals surface area contributed by atoms with Crippen molar-refractivity contribution in [3.05, 3.63) is 0 Å². The summed E-state index contributed by atoms with van der Waals surface area (Å²) < 4.78 is 0. The van der Waals surface area contributed by atoms with Crippen LogP contribution in [-0.4, -0.2) is 43.0 Å². The van der Waals surface area contributed by atoms with Crippen LogP contribution in [0.1, 0.15) is 33.1 Å². The number of likely N-dealkylation sites (tertiary alicyclic amines) is 1. The molecule has 0 aromatic rings. The Morgan fingerprint density at radius 3 is 2.56 bits per heavy atom. The van der Waals surface area contributed by atoms with Crippen molar-refractivity contribution >= 4 is 5.91 Å². The lowest BCUT2D eigenvalue weighted by Crippen LogP contribution is -2.53. The largest absolute Gasteiger partial charge is 0.354 e. The number of amides is 1. The van der Waals surface area contributed by atoms with Crippen LogP contribution in [0.4, 0.5) is 0 Å². The predicted octanol–water partition coefficient (Wildman–Crippen LogP) is 0.572. The van der Waals surface area contributed by atoms with E-state index >= 15 is 0 Å². The van der Waals surface area contributed by atoms with Crippen molar-refractivity contribution in [1.82, 2.24) is 10.2 Å². The molecule has 0 aromatic heterocycles. The monoisotopic (exact) mass is 227 g/mol. The van der Waals surface area contributed by atoms with E-state index in [0.29, 0.717) is 18.8 Å². The molecule has 1 aliphatic rings. The van der Waals surface area contributed by atoms with Crippen LogP contribution in [0, 0.1) is 5.92 Å². The average molecular weight is 227 g/mol. The molecule has 0 bridgehead atoms. The Balaban J connectivity index is 2.34. The molecule has 3 N–H and O–H groups in total. The van der Waals surface area contributed by atoms with Gasteiger partial charge in [0.15, 0.2) is 0 Å². The smallest absolute Gasteiger partial charge is 0.240 e. The Hall–Kier alpha value is -0.610. The van der Waals surface area contributed by atoms with Gasteiger partial charge in [0.25, 0.3) is 0 Å². The first kappa shape index (κ1) is 13.5. The molecule has 1 fully saturated rings. The van der Waals surface area contributed by atoms with Crippen molar-refractivity contribution < 1.29 is 4.79 Å². The lowest BCUT2D eigenvalue weighted by molar-refractivity contribution is -0.126. The summed E-state index contributed by atoms with van der Waals surface area (Å²) in [4.78, 5) is 14.2. The van der Waals surface area contributed by atoms with Gasteiger partial charge in [0.2, 0.25) is 5.91 Å². The Morgan fingerprint density at radius 1 is 1.50 bits per heavy atom. The van der Waals surface area contributed by atoms with Crippen molar-refractivity contribution in [3.63, 3.8) is 0 Å². The maximum absolute atomic E-state index is 11.9. The number of rotatable bonds is 5. The van der Waals surface area contributed by atoms with Crippen molar-refractivity contribution in [2.75, 3.05) is 26.7 Å². The van der Waals surface area contributed by atoms with Gasteiger partial charge in [0.05, 0.1) is 5.54 Å². The molecule has 4 heteroatoms. The van der Waals surface area contributed by atoms with Crippen LogP contribution in [0.25, 0.3) is 0 Å². The zero-order valence-corrected chi connectivity index (χ0v) is 10.8. The molecule has 0 spiro atoms. The first-order chi connectivity index (χ1) is 7.51. The molecule has 1 rings (SSSR count). The van der Waals surface area contributed by atoms with Crippen LogP contribution in [0.15, 0.2) is 0 Å². The third-order valence-corrected chi connectivity index (χ3v) is 3.75. The molecule has 1 heterocycles. The van der Waals surface area contributed by atoms with E-state index in [1.165, 1.54) is 6.42 Å². The number of hydrogen-bond acceptors (Lipinski definition) is 3. The lowest BCUT2D eigenvalue weighted by atomic mass is 9.93. The maximum atomic E-state index is 11.9. The highest BCUT2D eigenvalue weighted by molar-refractivity contribution is 5.85. The first-order valence-corrected chi connectivity index (χ1v) is 6.27. The van der Waals surface area contributed by atoms with E-state index in [0.717, 1.165) is 19.6 Å². The molecule has 0 saturated carbocycles. The molecule has 4 nitrogen and oxygen atoms in total. The molecule has 0 aliphatic carbocycles. The first-order valence-electron chi connectivity index (χ1n) is 6.27. The second-order valence-electron chi connectivity index (χ2n) is 4.99. The fourth-order valence-electron chi connectivity index (χ4n) is 2.18. The quantitative estimate of drug-likeness (QED) is 0.722. The molecular formula is C12H25N3O. The number of carbonyl (C=O) groups excluding carboxylic acids is 1. The fraction of sp³-hybridized carbons (Fsp3) is 0.917. The van der Waals surface area contributed by atoms with Crippen molar-refractivity contribution in [1.29, 1.82) is 0 Å². The number of nitrogens with two attached hydrogens (primary N) is 1. The van der Waals surface area contributed by atoms with Crippen LogP contribution in [0.3, 0.4) is 0 Å². The summed E-state index contributed by atoms with van der Waals surface area (Å²) in [6, 6.07) is 0. The molecule has 1 aliphatic heterocycles. The minimum Gasteiger partial charge on any atom is -0.354 e. The zero-order chi connectivity index (χ0) is 12.2. The topological polar surface area (TPSA) is 58.4 Å². The van der Waals surface area contributed by atoms with Crippen LogP contribution in [-0.2, 0) is 4.79 Å². The molecule has 1 atom stereocenters. The minimum absolute atomic E-state index is 0.00653. The SMILES string of the molecule is CCC(N)(CC)C(=O)NCC1CCN(C)C1. The summed E-state index contributed by atoms with van der Waals surface area (Å²) in [5, 5.41) is 3.00. The van der Waals surface area contributed by atoms with Crippen molar-refractivity contribution in [3.8, 4) is 0 Å². The minimum atomic E-state index is -0.676. The highest BCUT2D eigenvalue weighted by Crippen LogP contribution is 2.15. The Bertz CT molecular complexity index is 238. The molecule has 1 saturated heterocycles. The maximum Gasteiger partial charge on any atom is 0.240 e. The van der Waals surface area contributed by atoms with Gasteiger partial charge in [0.1, 0.15) is 0 Å². The molecular weight excluding hydrogens is 202 g/mol. The van der Waals surface area contributed by atoms with Crippen LogP contribution in [0.5, 0.6) is 0 Å². The fourth-order valence-corrected chi connectivity index (χ4v) is 2.18. The Kier molecular flexibility index (Phi) is 4.74. The van der Waals surface area contributed by atoms with Crippen LogP contribution in [0.2, 0.25) is 0 Å². The lowest BCUT2D eigenvalue weighted by Gasteiger charge is -2.26. The molecule has 1 amide bonds. The third-order valence-electron chi connectivity index (χ3n) is 3.75. The number of nitrogens with one attached hydrogen (secondary N) is 1. The number of hydrogen-bond donors (Lipinski definition) is 2. The van der Waals surface area contributed by atoms with Gasteiger partial charge in [-0.3, -0.25) is 4.79 Å². The Labute approximate surface area is 98.6 Å². The molecule has 1 unspecified atom stereocenters. The van der Waals surface area contributed by atoms with Gasteiger partial charge in [-0.2, -0.15) is 0 Å². The second-order valence-corrected chi connectivity index (χ2v) is 4.99. The summed E-state index contributed by atoms with van der Waals surface area (Å²) in [5.41, 5.74) is 5.35. The van der Waals surface area contributed by atoms with Crippen LogP contribution < -0.4 is 11.1 Å². The normalized spacial score (nSPS) is 22.4. The molecule has 16 heavy (non-hydrogen) atoms. The average Bonchev–Trinajstić information content (AvgIpc) is 2.70. The molecule has 0 aromatic carbocycles. The predicted molar refractivity (Wildman–Crippen MR) is 66.1 cm³/mol. The Morgan fingerprint density at radius 2 is 2.12 bits per heavy atom. The molecule has 0 radical (unpaired) electrons. The second kappa shape index (κ2) is 5.64. The zero-order valence-electron chi connectivity index (χ0n) is 10.8. The van der Waals surface area contributed by atoms with Crippen molar-refractivity contribution in [2.45, 2.75) is 38.6 Å². The van der Waals surface area contributed by atoms with Gasteiger partial charge in [-0.15, -0.1) is 0 Å². The van der Waals surface area contributed by atoms with E-state index in [1.54, 1.807) is 0 Å². The van der Waals surface area contributed by atoms with E-state index in [9.17, 15) is 4.79 Å². The van der Waals surface area contributed by atoms with Gasteiger partial charge >= 0.3 is 0 Å². The number of nitrogens with zero attached hydrogens (tertiary/aromatic N) is 1. The highest BCUT2D eigenvalue weighted by atomic mass is 16.2. The third kappa shape index (κ3) is 3.19. The summed E-state index contributed by atoms with van der Waals surface area (Å²) in [6.45, 7) is 6.91. The molecule has 94 valence electrons. The summed E-state index contributed by atoms with van der Waals surface area (Å²) in [7, 11) is 2.12. The van der Waals surface area contributed by atoms with Gasteiger partial charge < -0.3 is 16.0 Å². The summed E-state index contributed by atoms with van der Waals surface area (Å²) >= 11 is 0. The van der Waals surface area contributed by atoms with E-state index in [-0.39, 0.29) is 5.91 Å². The van der Waals surface area contributed by atoms with E-state index in [4.69, 9.17) is 5.73 Å². The summed E-state index contributed by atoms with van der Waals surface area (Å²) in [6.07, 6.45) is 2.56. The van der Waals surface area contributed by atoms with E-state index in [2.05, 4.69) is 17.3 Å². The van der Waals surface area contributed by atoms with Gasteiger partial charge in [-0.05, 0) is 38.8 Å². The van der Waals surface area contributed by atoms with Crippen molar-refractivity contribution in [2.24, 2.45) is 11.7 Å². The van der Waals surface area contributed by atoms with E-state index < -0.39 is 5.54 Å². The number of carbonyl (C=O) groups is 1. The van der Waals surface area contributed by atoms with E-state index in [1.807, 2.05) is 13.8 Å². The van der Waals surface area contributed by atoms with Gasteiger partial charge in [-0.1, -0.05) is 13.8 Å². The summed E-state index contributed by atoms with van der Waals surface area (Å²) in [5.74, 6) is 0.596. The van der Waals surface area contributed by atoms with Crippen LogP contribution >= 0.6 is 0 Å².